The molecule has 1 N–H and O–H groups in total. The summed E-state index contributed by atoms with van der Waals surface area (Å²) in [6.45, 7) is 4.89. The number of benzene rings is 3. The summed E-state index contributed by atoms with van der Waals surface area (Å²) in [5.74, 6) is -1.23. The number of nitrogens with zero attached hydrogens (tertiary/aromatic N) is 1. The number of aromatic carboxylic acids is 1. The van der Waals surface area contributed by atoms with Gasteiger partial charge in [-0.25, -0.2) is 14.0 Å². The molecule has 7 nitrogen and oxygen atoms in total. The summed E-state index contributed by atoms with van der Waals surface area (Å²) in [6, 6.07) is 24.3. The molecule has 4 aromatic rings. The maximum Gasteiger partial charge on any atom is 0.337 e. The molecule has 0 bridgehead atoms. The van der Waals surface area contributed by atoms with Crippen LogP contribution in [0.15, 0.2) is 84.9 Å². The number of carbonyl (C=O) groups excluding carboxylic acids is 1. The van der Waals surface area contributed by atoms with E-state index in [4.69, 9.17) is 14.2 Å². The Labute approximate surface area is 232 Å². The fourth-order valence-electron chi connectivity index (χ4n) is 4.55. The number of aromatic nitrogens is 1. The van der Waals surface area contributed by atoms with E-state index in [1.54, 1.807) is 25.1 Å². The average Bonchev–Trinajstić information content (AvgIpc) is 3.34. The van der Waals surface area contributed by atoms with Crippen molar-refractivity contribution in [2.24, 2.45) is 0 Å². The molecule has 0 saturated heterocycles. The van der Waals surface area contributed by atoms with Crippen LogP contribution in [-0.4, -0.2) is 47.5 Å². The Balaban J connectivity index is 1.55. The van der Waals surface area contributed by atoms with Crippen LogP contribution in [0.1, 0.15) is 29.8 Å². The number of carboxylic acids is 1. The predicted molar refractivity (Wildman–Crippen MR) is 150 cm³/mol. The number of hydrogen-bond acceptors (Lipinski definition) is 5. The van der Waals surface area contributed by atoms with Gasteiger partial charge in [0.1, 0.15) is 18.2 Å². The summed E-state index contributed by atoms with van der Waals surface area (Å²) in [6.07, 6.45) is -0.286. The lowest BCUT2D eigenvalue weighted by Crippen LogP contribution is -2.28. The molecule has 1 aromatic heterocycles. The van der Waals surface area contributed by atoms with E-state index in [1.165, 1.54) is 12.1 Å². The van der Waals surface area contributed by atoms with Crippen LogP contribution in [0.4, 0.5) is 4.39 Å². The normalized spacial score (nSPS) is 11.7. The molecule has 0 aliphatic rings. The van der Waals surface area contributed by atoms with Crippen LogP contribution in [0, 0.1) is 5.82 Å². The second-order valence-electron chi connectivity index (χ2n) is 9.01. The van der Waals surface area contributed by atoms with Gasteiger partial charge >= 0.3 is 11.9 Å². The first-order valence-corrected chi connectivity index (χ1v) is 13.2. The fraction of sp³-hybridized carbons (Fsp3) is 0.250. The average molecular weight is 546 g/mol. The second-order valence-corrected chi connectivity index (χ2v) is 9.01. The van der Waals surface area contributed by atoms with Gasteiger partial charge in [-0.1, -0.05) is 42.5 Å². The van der Waals surface area contributed by atoms with Crippen LogP contribution in [0.5, 0.6) is 5.75 Å². The van der Waals surface area contributed by atoms with E-state index in [9.17, 15) is 19.1 Å². The first-order chi connectivity index (χ1) is 19.4. The van der Waals surface area contributed by atoms with Gasteiger partial charge in [-0.05, 0) is 73.0 Å². The van der Waals surface area contributed by atoms with Crippen molar-refractivity contribution in [3.63, 3.8) is 0 Å². The van der Waals surface area contributed by atoms with Crippen LogP contribution < -0.4 is 4.74 Å². The topological polar surface area (TPSA) is 87.0 Å². The fourth-order valence-corrected chi connectivity index (χ4v) is 4.55. The van der Waals surface area contributed by atoms with Crippen LogP contribution in [-0.2, 0) is 27.2 Å². The lowest BCUT2D eigenvalue weighted by atomic mass is 10.1. The highest BCUT2D eigenvalue weighted by atomic mass is 19.1. The first kappa shape index (κ1) is 28.6. The molecule has 0 saturated carbocycles. The zero-order valence-corrected chi connectivity index (χ0v) is 22.5. The first-order valence-electron chi connectivity index (χ1n) is 13.2. The summed E-state index contributed by atoms with van der Waals surface area (Å²) in [5.41, 5.74) is 3.67. The molecule has 1 unspecified atom stereocenters. The summed E-state index contributed by atoms with van der Waals surface area (Å²) in [7, 11) is 0. The maximum absolute atomic E-state index is 13.7. The molecule has 0 amide bonds. The second kappa shape index (κ2) is 13.6. The monoisotopic (exact) mass is 545 g/mol. The van der Waals surface area contributed by atoms with Gasteiger partial charge in [-0.3, -0.25) is 0 Å². The molecule has 4 rings (SSSR count). The maximum atomic E-state index is 13.7. The zero-order valence-electron chi connectivity index (χ0n) is 22.5. The van der Waals surface area contributed by atoms with Gasteiger partial charge in [0.15, 0.2) is 6.10 Å². The molecule has 0 aliphatic carbocycles. The van der Waals surface area contributed by atoms with E-state index in [1.807, 2.05) is 66.1 Å². The third-order valence-corrected chi connectivity index (χ3v) is 6.36. The summed E-state index contributed by atoms with van der Waals surface area (Å²) < 4.78 is 32.2. The lowest BCUT2D eigenvalue weighted by Gasteiger charge is -2.17. The molecule has 0 spiro atoms. The van der Waals surface area contributed by atoms with E-state index in [2.05, 4.69) is 0 Å². The Morgan fingerprint density at radius 1 is 0.900 bits per heavy atom. The van der Waals surface area contributed by atoms with E-state index in [0.717, 1.165) is 16.8 Å². The molecular formula is C32H32FNO6. The predicted octanol–water partition coefficient (Wildman–Crippen LogP) is 6.25. The molecule has 8 heteroatoms. The van der Waals surface area contributed by atoms with Gasteiger partial charge < -0.3 is 23.9 Å². The molecule has 0 aliphatic heterocycles. The van der Waals surface area contributed by atoms with Gasteiger partial charge in [-0.2, -0.15) is 0 Å². The van der Waals surface area contributed by atoms with E-state index >= 15 is 0 Å². The Morgan fingerprint density at radius 2 is 1.60 bits per heavy atom. The highest BCUT2D eigenvalue weighted by molar-refractivity contribution is 5.97. The van der Waals surface area contributed by atoms with Crippen molar-refractivity contribution in [1.82, 2.24) is 4.57 Å². The molecule has 0 radical (unpaired) electrons. The van der Waals surface area contributed by atoms with Gasteiger partial charge in [-0.15, -0.1) is 0 Å². The van der Waals surface area contributed by atoms with Crippen molar-refractivity contribution in [2.45, 2.75) is 32.9 Å². The molecule has 1 heterocycles. The largest absolute Gasteiger partial charge is 0.492 e. The zero-order chi connectivity index (χ0) is 28.5. The number of halogens is 1. The minimum Gasteiger partial charge on any atom is -0.492 e. The standard InChI is InChI=1S/C32H32FNO6/c1-3-38-29(32(37)39-4-2)20-22-10-16-26(17-11-22)40-19-18-34-28(23-8-6-5-7-9-23)21-27(31(35)36)30(34)24-12-14-25(33)15-13-24/h5-17,21,29H,3-4,18-20H2,1-2H3,(H,35,36). The Morgan fingerprint density at radius 3 is 2.23 bits per heavy atom. The number of esters is 1. The molecule has 40 heavy (non-hydrogen) atoms. The minimum absolute atomic E-state index is 0.125. The smallest absolute Gasteiger partial charge is 0.337 e. The number of rotatable bonds is 13. The van der Waals surface area contributed by atoms with Crippen molar-refractivity contribution in [2.75, 3.05) is 19.8 Å². The molecule has 3 aromatic carbocycles. The van der Waals surface area contributed by atoms with Crippen LogP contribution in [0.3, 0.4) is 0 Å². The minimum atomic E-state index is -1.07. The third kappa shape index (κ3) is 6.95. The van der Waals surface area contributed by atoms with Crippen molar-refractivity contribution in [3.8, 4) is 28.3 Å². The summed E-state index contributed by atoms with van der Waals surface area (Å²) in [5, 5.41) is 10.00. The molecule has 208 valence electrons. The molecule has 0 fully saturated rings. The Kier molecular flexibility index (Phi) is 9.70. The van der Waals surface area contributed by atoms with E-state index in [-0.39, 0.29) is 18.1 Å². The number of hydrogen-bond donors (Lipinski definition) is 1. The SMILES string of the molecule is CCOC(=O)C(Cc1ccc(OCCn2c(-c3ccccc3)cc(C(=O)O)c2-c2ccc(F)cc2)cc1)OCC. The highest BCUT2D eigenvalue weighted by Crippen LogP contribution is 2.33. The number of carboxylic acid groups (broad SMARTS) is 1. The van der Waals surface area contributed by atoms with Crippen molar-refractivity contribution < 1.29 is 33.3 Å². The van der Waals surface area contributed by atoms with Crippen molar-refractivity contribution >= 4 is 11.9 Å². The quantitative estimate of drug-likeness (QED) is 0.200. The summed E-state index contributed by atoms with van der Waals surface area (Å²) in [4.78, 5) is 24.4. The van der Waals surface area contributed by atoms with Crippen molar-refractivity contribution in [3.05, 3.63) is 102 Å². The van der Waals surface area contributed by atoms with E-state index < -0.39 is 17.9 Å². The van der Waals surface area contributed by atoms with Crippen LogP contribution >= 0.6 is 0 Å². The lowest BCUT2D eigenvalue weighted by molar-refractivity contribution is -0.156. The Hall–Kier alpha value is -4.43. The third-order valence-electron chi connectivity index (χ3n) is 6.36. The highest BCUT2D eigenvalue weighted by Gasteiger charge is 2.23. The number of carbonyl (C=O) groups is 2. The van der Waals surface area contributed by atoms with Gasteiger partial charge in [0.05, 0.1) is 24.4 Å². The van der Waals surface area contributed by atoms with Gasteiger partial charge in [0.25, 0.3) is 0 Å². The molecular weight excluding hydrogens is 513 g/mol. The van der Waals surface area contributed by atoms with Crippen molar-refractivity contribution in [1.29, 1.82) is 0 Å². The molecule has 1 atom stereocenters. The van der Waals surface area contributed by atoms with Crippen LogP contribution in [0.2, 0.25) is 0 Å². The Bertz CT molecular complexity index is 1410. The van der Waals surface area contributed by atoms with Crippen LogP contribution in [0.25, 0.3) is 22.5 Å². The number of ether oxygens (including phenoxy) is 3. The summed E-state index contributed by atoms with van der Waals surface area (Å²) >= 11 is 0. The van der Waals surface area contributed by atoms with Gasteiger partial charge in [0, 0.05) is 18.7 Å². The van der Waals surface area contributed by atoms with E-state index in [0.29, 0.717) is 43.2 Å². The van der Waals surface area contributed by atoms with Gasteiger partial charge in [0.2, 0.25) is 0 Å².